The normalized spacial score (nSPS) is 21.7. The van der Waals surface area contributed by atoms with Crippen molar-refractivity contribution in [3.8, 4) is 0 Å². The van der Waals surface area contributed by atoms with E-state index in [1.807, 2.05) is 49.1 Å². The summed E-state index contributed by atoms with van der Waals surface area (Å²) < 4.78 is 0. The maximum atomic E-state index is 12.4. The zero-order valence-corrected chi connectivity index (χ0v) is 12.0. The van der Waals surface area contributed by atoms with Gasteiger partial charge in [0, 0.05) is 18.7 Å². The van der Waals surface area contributed by atoms with Crippen molar-refractivity contribution in [1.82, 2.24) is 4.90 Å². The number of carbonyl (C=O) groups excluding carboxylic acids is 1. The van der Waals surface area contributed by atoms with Crippen molar-refractivity contribution < 1.29 is 4.79 Å². The molecule has 2 nitrogen and oxygen atoms in total. The number of rotatable bonds is 4. The van der Waals surface area contributed by atoms with E-state index in [0.29, 0.717) is 11.8 Å². The second kappa shape index (κ2) is 7.20. The SMILES string of the molecule is C\C=C/C=C(\C=C/C)C(=O)N1CCC(C(C)C)C1. The van der Waals surface area contributed by atoms with Gasteiger partial charge in [0.05, 0.1) is 0 Å². The van der Waals surface area contributed by atoms with E-state index in [2.05, 4.69) is 13.8 Å². The fourth-order valence-electron chi connectivity index (χ4n) is 2.28. The van der Waals surface area contributed by atoms with E-state index in [4.69, 9.17) is 0 Å². The van der Waals surface area contributed by atoms with Crippen LogP contribution in [0.4, 0.5) is 0 Å². The Hall–Kier alpha value is -1.31. The van der Waals surface area contributed by atoms with Crippen molar-refractivity contribution in [1.29, 1.82) is 0 Å². The largest absolute Gasteiger partial charge is 0.338 e. The van der Waals surface area contributed by atoms with Crippen LogP contribution in [-0.4, -0.2) is 23.9 Å². The van der Waals surface area contributed by atoms with Crippen LogP contribution in [0.25, 0.3) is 0 Å². The van der Waals surface area contributed by atoms with Crippen molar-refractivity contribution in [2.45, 2.75) is 34.1 Å². The average molecular weight is 247 g/mol. The highest BCUT2D eigenvalue weighted by molar-refractivity contribution is 5.96. The van der Waals surface area contributed by atoms with Crippen molar-refractivity contribution in [2.75, 3.05) is 13.1 Å². The molecule has 2 heteroatoms. The van der Waals surface area contributed by atoms with Gasteiger partial charge in [0.1, 0.15) is 0 Å². The molecule has 0 aromatic carbocycles. The lowest BCUT2D eigenvalue weighted by Gasteiger charge is -2.18. The predicted octanol–water partition coefficient (Wildman–Crippen LogP) is 3.57. The first kappa shape index (κ1) is 14.7. The highest BCUT2D eigenvalue weighted by atomic mass is 16.2. The van der Waals surface area contributed by atoms with Gasteiger partial charge in [-0.1, -0.05) is 38.2 Å². The Morgan fingerprint density at radius 1 is 1.28 bits per heavy atom. The summed E-state index contributed by atoms with van der Waals surface area (Å²) in [7, 11) is 0. The maximum Gasteiger partial charge on any atom is 0.253 e. The lowest BCUT2D eigenvalue weighted by atomic mass is 9.95. The van der Waals surface area contributed by atoms with Crippen molar-refractivity contribution in [2.24, 2.45) is 11.8 Å². The smallest absolute Gasteiger partial charge is 0.253 e. The number of likely N-dealkylation sites (tertiary alicyclic amines) is 1. The Labute approximate surface area is 111 Å². The first-order chi connectivity index (χ1) is 8.60. The van der Waals surface area contributed by atoms with Gasteiger partial charge in [0.15, 0.2) is 0 Å². The van der Waals surface area contributed by atoms with Gasteiger partial charge in [0.25, 0.3) is 5.91 Å². The molecule has 1 heterocycles. The summed E-state index contributed by atoms with van der Waals surface area (Å²) in [6.07, 6.45) is 10.7. The molecule has 1 unspecified atom stereocenters. The summed E-state index contributed by atoms with van der Waals surface area (Å²) in [5.74, 6) is 1.48. The molecule has 18 heavy (non-hydrogen) atoms. The third-order valence-electron chi connectivity index (χ3n) is 3.52. The van der Waals surface area contributed by atoms with Gasteiger partial charge < -0.3 is 4.90 Å². The fraction of sp³-hybridized carbons (Fsp3) is 0.562. The van der Waals surface area contributed by atoms with Gasteiger partial charge >= 0.3 is 0 Å². The Bertz CT molecular complexity index is 363. The number of hydrogen-bond acceptors (Lipinski definition) is 1. The van der Waals surface area contributed by atoms with Crippen LogP contribution in [0.2, 0.25) is 0 Å². The molecule has 1 aliphatic rings. The van der Waals surface area contributed by atoms with Crippen molar-refractivity contribution >= 4 is 5.91 Å². The molecule has 0 aliphatic carbocycles. The van der Waals surface area contributed by atoms with Crippen LogP contribution in [0.5, 0.6) is 0 Å². The third-order valence-corrected chi connectivity index (χ3v) is 3.52. The molecule has 1 rings (SSSR count). The standard InChI is InChI=1S/C16H25NO/c1-5-7-9-14(8-6-2)16(18)17-11-10-15(12-17)13(3)4/h5-9,13,15H,10-12H2,1-4H3/b7-5-,8-6-,14-9+. The Kier molecular flexibility index (Phi) is 5.90. The van der Waals surface area contributed by atoms with E-state index in [9.17, 15) is 4.79 Å². The fourth-order valence-corrected chi connectivity index (χ4v) is 2.28. The minimum absolute atomic E-state index is 0.161. The van der Waals surface area contributed by atoms with Crippen LogP contribution in [0, 0.1) is 11.8 Å². The summed E-state index contributed by atoms with van der Waals surface area (Å²) in [6, 6.07) is 0. The van der Waals surface area contributed by atoms with Crippen molar-refractivity contribution in [3.05, 3.63) is 36.0 Å². The van der Waals surface area contributed by atoms with Gasteiger partial charge in [-0.05, 0) is 38.2 Å². The minimum atomic E-state index is 0.161. The lowest BCUT2D eigenvalue weighted by molar-refractivity contribution is -0.125. The zero-order valence-electron chi connectivity index (χ0n) is 12.0. The monoisotopic (exact) mass is 247 g/mol. The molecule has 1 atom stereocenters. The first-order valence-corrected chi connectivity index (χ1v) is 6.85. The van der Waals surface area contributed by atoms with E-state index in [0.717, 1.165) is 25.1 Å². The van der Waals surface area contributed by atoms with Crippen LogP contribution < -0.4 is 0 Å². The minimum Gasteiger partial charge on any atom is -0.338 e. The van der Waals surface area contributed by atoms with Gasteiger partial charge in [0.2, 0.25) is 0 Å². The molecule has 1 aliphatic heterocycles. The van der Waals surface area contributed by atoms with E-state index in [1.165, 1.54) is 0 Å². The molecule has 1 saturated heterocycles. The third kappa shape index (κ3) is 3.86. The van der Waals surface area contributed by atoms with E-state index in [1.54, 1.807) is 0 Å². The topological polar surface area (TPSA) is 20.3 Å². The molecule has 0 aromatic rings. The zero-order chi connectivity index (χ0) is 13.5. The van der Waals surface area contributed by atoms with Crippen LogP contribution in [-0.2, 0) is 4.79 Å². The lowest BCUT2D eigenvalue weighted by Crippen LogP contribution is -2.30. The number of nitrogens with zero attached hydrogens (tertiary/aromatic N) is 1. The Balaban J connectivity index is 2.74. The summed E-state index contributed by atoms with van der Waals surface area (Å²) in [6.45, 7) is 10.2. The van der Waals surface area contributed by atoms with E-state index in [-0.39, 0.29) is 5.91 Å². The number of allylic oxidation sites excluding steroid dienone is 4. The second-order valence-corrected chi connectivity index (χ2v) is 5.19. The summed E-state index contributed by atoms with van der Waals surface area (Å²) in [5.41, 5.74) is 0.778. The molecule has 0 N–H and O–H groups in total. The highest BCUT2D eigenvalue weighted by Crippen LogP contribution is 2.24. The van der Waals surface area contributed by atoms with Crippen LogP contribution >= 0.6 is 0 Å². The van der Waals surface area contributed by atoms with Gasteiger partial charge in [-0.3, -0.25) is 4.79 Å². The van der Waals surface area contributed by atoms with Crippen LogP contribution in [0.15, 0.2) is 36.0 Å². The maximum absolute atomic E-state index is 12.4. The highest BCUT2D eigenvalue weighted by Gasteiger charge is 2.28. The first-order valence-electron chi connectivity index (χ1n) is 6.85. The summed E-state index contributed by atoms with van der Waals surface area (Å²) in [5, 5.41) is 0. The number of carbonyl (C=O) groups is 1. The Morgan fingerprint density at radius 3 is 2.50 bits per heavy atom. The molecule has 0 saturated carbocycles. The average Bonchev–Trinajstić information content (AvgIpc) is 2.83. The molecular weight excluding hydrogens is 222 g/mol. The molecule has 100 valence electrons. The predicted molar refractivity (Wildman–Crippen MR) is 77.2 cm³/mol. The molecular formula is C16H25NO. The van der Waals surface area contributed by atoms with Gasteiger partial charge in [-0.15, -0.1) is 0 Å². The summed E-state index contributed by atoms with van der Waals surface area (Å²) >= 11 is 0. The molecule has 0 aromatic heterocycles. The molecule has 0 radical (unpaired) electrons. The molecule has 1 amide bonds. The Morgan fingerprint density at radius 2 is 2.00 bits per heavy atom. The van der Waals surface area contributed by atoms with E-state index >= 15 is 0 Å². The summed E-state index contributed by atoms with van der Waals surface area (Å²) in [4.78, 5) is 14.4. The van der Waals surface area contributed by atoms with Crippen LogP contribution in [0.3, 0.4) is 0 Å². The molecule has 1 fully saturated rings. The molecule has 0 spiro atoms. The van der Waals surface area contributed by atoms with Crippen molar-refractivity contribution in [3.63, 3.8) is 0 Å². The second-order valence-electron chi connectivity index (χ2n) is 5.19. The number of amides is 1. The van der Waals surface area contributed by atoms with Gasteiger partial charge in [-0.25, -0.2) is 0 Å². The van der Waals surface area contributed by atoms with E-state index < -0.39 is 0 Å². The van der Waals surface area contributed by atoms with Gasteiger partial charge in [-0.2, -0.15) is 0 Å². The number of hydrogen-bond donors (Lipinski definition) is 0. The van der Waals surface area contributed by atoms with Crippen LogP contribution in [0.1, 0.15) is 34.1 Å². The quantitative estimate of drug-likeness (QED) is 0.549. The molecule has 0 bridgehead atoms.